The molecule has 4 aromatic rings. The number of non-ortho nitro benzene ring substituents is 2. The van der Waals surface area contributed by atoms with E-state index in [9.17, 15) is 40.0 Å². The predicted molar refractivity (Wildman–Crippen MR) is 180 cm³/mol. The molecule has 0 saturated carbocycles. The molecule has 0 atom stereocenters. The van der Waals surface area contributed by atoms with Gasteiger partial charge in [0.1, 0.15) is 23.0 Å². The van der Waals surface area contributed by atoms with E-state index in [-0.39, 0.29) is 82.3 Å². The number of phenols is 2. The van der Waals surface area contributed by atoms with Crippen LogP contribution >= 0.6 is 0 Å². The number of nitrogens with zero attached hydrogens (tertiary/aromatic N) is 2. The molecule has 0 aromatic heterocycles. The van der Waals surface area contributed by atoms with Crippen molar-refractivity contribution in [3.05, 3.63) is 125 Å². The van der Waals surface area contributed by atoms with Crippen molar-refractivity contribution in [3.8, 4) is 23.0 Å². The van der Waals surface area contributed by atoms with Crippen LogP contribution in [-0.4, -0.2) is 58.2 Å². The highest BCUT2D eigenvalue weighted by Crippen LogP contribution is 2.40. The maximum atomic E-state index is 12.8. The van der Waals surface area contributed by atoms with E-state index in [0.29, 0.717) is 48.2 Å². The fourth-order valence-corrected chi connectivity index (χ4v) is 6.34. The van der Waals surface area contributed by atoms with Crippen molar-refractivity contribution in [3.63, 3.8) is 0 Å². The van der Waals surface area contributed by atoms with E-state index >= 15 is 0 Å². The number of carbonyl (C=O) groups is 2. The fraction of sp³-hybridized carbons (Fsp3) is 0.278. The molecule has 7 rings (SSSR count). The van der Waals surface area contributed by atoms with E-state index < -0.39 is 34.9 Å². The Labute approximate surface area is 286 Å². The maximum absolute atomic E-state index is 12.8. The molecule has 2 aliphatic heterocycles. The second-order valence-corrected chi connectivity index (χ2v) is 12.2. The summed E-state index contributed by atoms with van der Waals surface area (Å²) in [6.07, 6.45) is 1.01. The molecule has 4 N–H and O–H groups in total. The molecular weight excluding hydrogens is 648 g/mol. The van der Waals surface area contributed by atoms with Crippen molar-refractivity contribution in [2.75, 3.05) is 26.3 Å². The van der Waals surface area contributed by atoms with Gasteiger partial charge in [0.05, 0.1) is 9.85 Å². The smallest absolute Gasteiger partial charge is 0.270 e. The number of carbonyl (C=O) groups excluding carboxylic acids is 2. The van der Waals surface area contributed by atoms with Gasteiger partial charge in [-0.2, -0.15) is 0 Å². The highest BCUT2D eigenvalue weighted by atomic mass is 16.6. The third-order valence-corrected chi connectivity index (χ3v) is 8.75. The van der Waals surface area contributed by atoms with E-state index in [2.05, 4.69) is 10.6 Å². The number of nitro benzene ring substituents is 2. The molecule has 0 radical (unpaired) electrons. The number of aromatic hydroxyl groups is 2. The van der Waals surface area contributed by atoms with Gasteiger partial charge in [0.25, 0.3) is 23.2 Å². The minimum atomic E-state index is -0.551. The molecule has 0 saturated heterocycles. The summed E-state index contributed by atoms with van der Waals surface area (Å²) in [5, 5.41) is 52.9. The molecule has 0 unspecified atom stereocenters. The zero-order valence-electron chi connectivity index (χ0n) is 26.9. The minimum Gasteiger partial charge on any atom is -0.507 e. The first-order valence-corrected chi connectivity index (χ1v) is 16.1. The Morgan fingerprint density at radius 3 is 1.18 bits per heavy atom. The van der Waals surface area contributed by atoms with Gasteiger partial charge in [-0.3, -0.25) is 29.8 Å². The van der Waals surface area contributed by atoms with Crippen molar-refractivity contribution in [2.45, 2.75) is 38.5 Å². The minimum absolute atomic E-state index is 0.0406. The van der Waals surface area contributed by atoms with Gasteiger partial charge in [-0.05, 0) is 35.1 Å². The molecule has 4 aromatic carbocycles. The number of ether oxygens (including phenoxy) is 2. The number of phenolic OH excluding ortho intramolecular Hbond substituents is 2. The predicted octanol–water partition coefficient (Wildman–Crippen LogP) is 4.37. The zero-order chi connectivity index (χ0) is 35.4. The molecule has 2 amide bonds. The number of amides is 2. The van der Waals surface area contributed by atoms with Crippen LogP contribution in [0.3, 0.4) is 0 Å². The second-order valence-electron chi connectivity index (χ2n) is 12.2. The molecule has 3 aliphatic rings. The Balaban J connectivity index is 1.62. The number of nitrogens with one attached hydrogen (secondary N) is 2. The number of benzene rings is 4. The average Bonchev–Trinajstić information content (AvgIpc) is 3.08. The topological polar surface area (TPSA) is 203 Å². The van der Waals surface area contributed by atoms with Gasteiger partial charge in [-0.15, -0.1) is 0 Å². The van der Waals surface area contributed by atoms with Crippen molar-refractivity contribution in [2.24, 2.45) is 0 Å². The van der Waals surface area contributed by atoms with Crippen LogP contribution in [0, 0.1) is 20.2 Å². The van der Waals surface area contributed by atoms with Gasteiger partial charge in [-0.1, -0.05) is 36.4 Å². The average molecular weight is 683 g/mol. The number of hydrogen-bond donors (Lipinski definition) is 4. The zero-order valence-corrected chi connectivity index (χ0v) is 26.9. The third kappa shape index (κ3) is 7.43. The van der Waals surface area contributed by atoms with Crippen molar-refractivity contribution < 1.29 is 39.1 Å². The van der Waals surface area contributed by atoms with Crippen LogP contribution in [0.15, 0.2) is 60.7 Å². The Hall–Kier alpha value is -6.18. The first-order valence-electron chi connectivity index (χ1n) is 16.1. The summed E-state index contributed by atoms with van der Waals surface area (Å²) in [6.45, 7) is -0.134. The number of hydrogen-bond acceptors (Lipinski definition) is 10. The van der Waals surface area contributed by atoms with Crippen LogP contribution < -0.4 is 20.1 Å². The highest BCUT2D eigenvalue weighted by molar-refractivity contribution is 5.78. The lowest BCUT2D eigenvalue weighted by Gasteiger charge is -2.20. The number of para-hydroxylation sites is 2. The largest absolute Gasteiger partial charge is 0.507 e. The van der Waals surface area contributed by atoms with Crippen LogP contribution in [-0.2, 0) is 35.3 Å². The van der Waals surface area contributed by atoms with Crippen LogP contribution in [0.2, 0.25) is 0 Å². The van der Waals surface area contributed by atoms with E-state index in [1.807, 2.05) is 0 Å². The lowest BCUT2D eigenvalue weighted by atomic mass is 9.91. The molecule has 50 heavy (non-hydrogen) atoms. The Kier molecular flexibility index (Phi) is 9.79. The lowest BCUT2D eigenvalue weighted by molar-refractivity contribution is -0.385. The third-order valence-electron chi connectivity index (χ3n) is 8.75. The highest BCUT2D eigenvalue weighted by Gasteiger charge is 2.25. The van der Waals surface area contributed by atoms with Gasteiger partial charge < -0.3 is 30.3 Å². The van der Waals surface area contributed by atoms with Crippen LogP contribution in [0.5, 0.6) is 23.0 Å². The molecule has 0 spiro atoms. The quantitative estimate of drug-likeness (QED) is 0.153. The van der Waals surface area contributed by atoms with E-state index in [4.69, 9.17) is 9.47 Å². The summed E-state index contributed by atoms with van der Waals surface area (Å²) in [7, 11) is 0. The number of fused-ring (bicyclic) bond motifs is 11. The van der Waals surface area contributed by atoms with Crippen LogP contribution in [0.25, 0.3) is 0 Å². The molecule has 0 fully saturated rings. The Morgan fingerprint density at radius 2 is 0.880 bits per heavy atom. The molecule has 14 heteroatoms. The summed E-state index contributed by atoms with van der Waals surface area (Å²) < 4.78 is 12.2. The molecular formula is C36H34N4O10. The first kappa shape index (κ1) is 33.7. The number of rotatable bonds is 2. The van der Waals surface area contributed by atoms with Crippen molar-refractivity contribution in [1.82, 2.24) is 10.6 Å². The summed E-state index contributed by atoms with van der Waals surface area (Å²) >= 11 is 0. The molecule has 1 aliphatic carbocycles. The van der Waals surface area contributed by atoms with Crippen LogP contribution in [0.1, 0.15) is 57.3 Å². The monoisotopic (exact) mass is 682 g/mol. The Morgan fingerprint density at radius 1 is 0.560 bits per heavy atom. The second kappa shape index (κ2) is 14.5. The molecule has 258 valence electrons. The van der Waals surface area contributed by atoms with Gasteiger partial charge in [0, 0.05) is 85.3 Å². The summed E-state index contributed by atoms with van der Waals surface area (Å²) in [5.74, 6) is -0.735. The Bertz CT molecular complexity index is 1780. The lowest BCUT2D eigenvalue weighted by Crippen LogP contribution is -2.32. The van der Waals surface area contributed by atoms with E-state index in [1.165, 1.54) is 24.3 Å². The van der Waals surface area contributed by atoms with E-state index in [0.717, 1.165) is 0 Å². The van der Waals surface area contributed by atoms with Gasteiger partial charge in [0.15, 0.2) is 13.2 Å². The fourth-order valence-electron chi connectivity index (χ4n) is 6.34. The first-order chi connectivity index (χ1) is 24.1. The summed E-state index contributed by atoms with van der Waals surface area (Å²) in [4.78, 5) is 48.8. The number of nitro groups is 2. The van der Waals surface area contributed by atoms with Crippen LogP contribution in [0.4, 0.5) is 11.4 Å². The van der Waals surface area contributed by atoms with Gasteiger partial charge in [-0.25, -0.2) is 0 Å². The molecule has 2 heterocycles. The molecule has 10 bridgehead atoms. The van der Waals surface area contributed by atoms with Gasteiger partial charge in [0.2, 0.25) is 0 Å². The maximum Gasteiger partial charge on any atom is 0.270 e. The van der Waals surface area contributed by atoms with Crippen molar-refractivity contribution in [1.29, 1.82) is 0 Å². The summed E-state index contributed by atoms with van der Waals surface area (Å²) in [6, 6.07) is 15.3. The standard InChI is InChI=1S/C36H34N4O10/c41-31-19-49-35-21-5-3-6-22(35)12-26-16-30(40(47)48)18-28(34(26)44)14-24-8-4-7-23(36(24)50-20-32(42)38-10-2-1-9-37-31)13-27-17-29(39(45)46)15-25(11-21)33(27)43/h3-8,15-18,43-44H,1-2,9-14,19-20H2,(H,37,41)(H,38,42). The molecule has 14 nitrogen and oxygen atoms in total. The SMILES string of the molecule is O=C1COc2c3cccc2Cc2cc([N+](=O)[O-])cc(c2O)Cc2cccc(c2OCC(=O)NCCCCN1)Cc1cc([N+](=O)[O-])cc(c1O)C3. The van der Waals surface area contributed by atoms with Gasteiger partial charge >= 0.3 is 0 Å². The van der Waals surface area contributed by atoms with E-state index in [1.54, 1.807) is 36.4 Å². The normalized spacial score (nSPS) is 15.2. The van der Waals surface area contributed by atoms with Crippen molar-refractivity contribution >= 4 is 23.2 Å². The summed E-state index contributed by atoms with van der Waals surface area (Å²) in [5.41, 5.74) is 2.30.